The van der Waals surface area contributed by atoms with Gasteiger partial charge in [0, 0.05) is 30.7 Å². The Morgan fingerprint density at radius 2 is 1.88 bits per heavy atom. The summed E-state index contributed by atoms with van der Waals surface area (Å²) in [5.74, 6) is 0.127. The van der Waals surface area contributed by atoms with Crippen LogP contribution in [0.15, 0.2) is 54.3 Å². The molecule has 0 saturated carbocycles. The minimum absolute atomic E-state index is 0.0442. The first kappa shape index (κ1) is 25.6. The van der Waals surface area contributed by atoms with Gasteiger partial charge in [0.25, 0.3) is 0 Å². The van der Waals surface area contributed by atoms with Crippen molar-refractivity contribution in [2.24, 2.45) is 0 Å². The van der Waals surface area contributed by atoms with E-state index in [4.69, 9.17) is 4.74 Å². The van der Waals surface area contributed by atoms with E-state index in [0.717, 1.165) is 44.1 Å². The summed E-state index contributed by atoms with van der Waals surface area (Å²) in [6.45, 7) is 4.40. The molecule has 0 unspecified atom stereocenters. The molecule has 174 valence electrons. The lowest BCUT2D eigenvalue weighted by Gasteiger charge is -2.35. The second-order valence-electron chi connectivity index (χ2n) is 8.38. The molecule has 1 aromatic rings. The maximum Gasteiger partial charge on any atom is 0.414 e. The minimum Gasteiger partial charge on any atom is -0.444 e. The van der Waals surface area contributed by atoms with Crippen molar-refractivity contribution in [1.82, 2.24) is 4.90 Å². The Hall–Kier alpha value is -2.69. The maximum absolute atomic E-state index is 13.1. The molecule has 2 rings (SSSR count). The summed E-state index contributed by atoms with van der Waals surface area (Å²) in [4.78, 5) is 39.2. The van der Waals surface area contributed by atoms with Crippen molar-refractivity contribution in [2.75, 3.05) is 0 Å². The van der Waals surface area contributed by atoms with Gasteiger partial charge < -0.3 is 4.74 Å². The Labute approximate surface area is 192 Å². The Kier molecular flexibility index (Phi) is 11.5. The number of hydrogen-bond donors (Lipinski definition) is 0. The lowest BCUT2D eigenvalue weighted by molar-refractivity contribution is -0.116. The van der Waals surface area contributed by atoms with Crippen molar-refractivity contribution in [2.45, 2.75) is 90.7 Å². The highest BCUT2D eigenvalue weighted by Crippen LogP contribution is 2.28. The molecule has 0 saturated heterocycles. The van der Waals surface area contributed by atoms with Crippen LogP contribution >= 0.6 is 0 Å². The number of ether oxygens (including phenoxy) is 1. The van der Waals surface area contributed by atoms with Gasteiger partial charge in [0.2, 0.25) is 0 Å². The molecular formula is C27H37NO4. The van der Waals surface area contributed by atoms with E-state index in [0.29, 0.717) is 31.4 Å². The van der Waals surface area contributed by atoms with Crippen LogP contribution in [0, 0.1) is 0 Å². The van der Waals surface area contributed by atoms with Gasteiger partial charge in [0.1, 0.15) is 6.61 Å². The zero-order valence-electron chi connectivity index (χ0n) is 19.6. The highest BCUT2D eigenvalue weighted by molar-refractivity contribution is 5.93. The lowest BCUT2D eigenvalue weighted by atomic mass is 9.95. The molecule has 0 fully saturated rings. The van der Waals surface area contributed by atoms with Crippen molar-refractivity contribution < 1.29 is 19.1 Å². The lowest BCUT2D eigenvalue weighted by Crippen LogP contribution is -2.44. The number of nitrogens with zero attached hydrogens (tertiary/aromatic N) is 1. The van der Waals surface area contributed by atoms with Crippen molar-refractivity contribution in [1.29, 1.82) is 0 Å². The molecule has 1 aromatic carbocycles. The number of carbonyl (C=O) groups is 3. The van der Waals surface area contributed by atoms with Crippen LogP contribution in [0.25, 0.3) is 0 Å². The normalized spacial score (nSPS) is 16.3. The molecule has 1 atom stereocenters. The SMILES string of the molecule is CCC/C=C/C(=O)CCCC1=CC(=O)C[C@@H](CCCCC)N1C(=O)OCc1ccccc1. The van der Waals surface area contributed by atoms with Crippen molar-refractivity contribution in [3.05, 3.63) is 59.8 Å². The molecule has 0 aromatic heterocycles. The Bertz CT molecular complexity index is 797. The van der Waals surface area contributed by atoms with Crippen molar-refractivity contribution in [3.8, 4) is 0 Å². The average Bonchev–Trinajstić information content (AvgIpc) is 2.78. The van der Waals surface area contributed by atoms with Crippen LogP contribution in [0.2, 0.25) is 0 Å². The highest BCUT2D eigenvalue weighted by atomic mass is 16.6. The van der Waals surface area contributed by atoms with E-state index < -0.39 is 6.09 Å². The zero-order valence-corrected chi connectivity index (χ0v) is 19.6. The third-order valence-electron chi connectivity index (χ3n) is 5.60. The van der Waals surface area contributed by atoms with E-state index in [-0.39, 0.29) is 24.2 Å². The standard InChI is InChI=1S/C27H37NO4/c1-3-5-8-15-23-19-26(30)20-24(16-12-18-25(29)17-9-6-4-2)28(23)27(31)32-21-22-13-10-7-11-14-22/h7,9-11,13-14,17,20,23H,3-6,8,12,15-16,18-19,21H2,1-2H3/b17-9+/t23-/m1/s1. The molecule has 1 amide bonds. The molecule has 0 N–H and O–H groups in total. The first-order valence-corrected chi connectivity index (χ1v) is 12.0. The van der Waals surface area contributed by atoms with Crippen LogP contribution in [0.5, 0.6) is 0 Å². The van der Waals surface area contributed by atoms with Gasteiger partial charge in [-0.25, -0.2) is 4.79 Å². The van der Waals surface area contributed by atoms with Gasteiger partial charge in [0.05, 0.1) is 0 Å². The summed E-state index contributed by atoms with van der Waals surface area (Å²) in [5.41, 5.74) is 1.60. The van der Waals surface area contributed by atoms with Gasteiger partial charge in [-0.3, -0.25) is 14.5 Å². The molecule has 5 nitrogen and oxygen atoms in total. The van der Waals surface area contributed by atoms with E-state index in [1.807, 2.05) is 36.4 Å². The fraction of sp³-hybridized carbons (Fsp3) is 0.519. The molecule has 0 radical (unpaired) electrons. The minimum atomic E-state index is -0.414. The molecule has 0 spiro atoms. The molecule has 32 heavy (non-hydrogen) atoms. The van der Waals surface area contributed by atoms with Crippen LogP contribution in [-0.2, 0) is 20.9 Å². The van der Waals surface area contributed by atoms with Gasteiger partial charge in [0.15, 0.2) is 11.6 Å². The van der Waals surface area contributed by atoms with Crippen LogP contribution in [0.4, 0.5) is 4.79 Å². The second-order valence-corrected chi connectivity index (χ2v) is 8.38. The highest BCUT2D eigenvalue weighted by Gasteiger charge is 2.33. The van der Waals surface area contributed by atoms with E-state index >= 15 is 0 Å². The van der Waals surface area contributed by atoms with Gasteiger partial charge >= 0.3 is 6.09 Å². The first-order chi connectivity index (χ1) is 15.5. The smallest absolute Gasteiger partial charge is 0.414 e. The Balaban J connectivity index is 2.05. The van der Waals surface area contributed by atoms with Gasteiger partial charge in [-0.1, -0.05) is 75.9 Å². The van der Waals surface area contributed by atoms with E-state index in [1.54, 1.807) is 17.1 Å². The van der Waals surface area contributed by atoms with Gasteiger partial charge in [-0.05, 0) is 37.3 Å². The summed E-state index contributed by atoms with van der Waals surface area (Å²) in [7, 11) is 0. The fourth-order valence-corrected chi connectivity index (χ4v) is 3.89. The first-order valence-electron chi connectivity index (χ1n) is 12.0. The summed E-state index contributed by atoms with van der Waals surface area (Å²) in [5, 5.41) is 0. The van der Waals surface area contributed by atoms with E-state index in [9.17, 15) is 14.4 Å². The maximum atomic E-state index is 13.1. The molecule has 1 aliphatic rings. The summed E-state index contributed by atoms with van der Waals surface area (Å²) < 4.78 is 5.62. The number of amides is 1. The molecule has 1 heterocycles. The average molecular weight is 440 g/mol. The van der Waals surface area contributed by atoms with Crippen LogP contribution in [0.3, 0.4) is 0 Å². The third kappa shape index (κ3) is 8.81. The molecule has 0 aliphatic carbocycles. The van der Waals surface area contributed by atoms with E-state index in [2.05, 4.69) is 13.8 Å². The van der Waals surface area contributed by atoms with Gasteiger partial charge in [-0.15, -0.1) is 0 Å². The molecule has 0 bridgehead atoms. The van der Waals surface area contributed by atoms with Gasteiger partial charge in [-0.2, -0.15) is 0 Å². The predicted octanol–water partition coefficient (Wildman–Crippen LogP) is 6.53. The topological polar surface area (TPSA) is 63.7 Å². The van der Waals surface area contributed by atoms with Crippen LogP contribution in [-0.4, -0.2) is 28.6 Å². The number of rotatable bonds is 13. The summed E-state index contributed by atoms with van der Waals surface area (Å²) >= 11 is 0. The van der Waals surface area contributed by atoms with Crippen LogP contribution in [0.1, 0.15) is 83.6 Å². The molecule has 5 heteroatoms. The summed E-state index contributed by atoms with van der Waals surface area (Å²) in [6.07, 6.45) is 12.3. The number of unbranched alkanes of at least 4 members (excludes halogenated alkanes) is 3. The number of allylic oxidation sites excluding steroid dienone is 4. The number of ketones is 2. The zero-order chi connectivity index (χ0) is 23.2. The predicted molar refractivity (Wildman–Crippen MR) is 127 cm³/mol. The van der Waals surface area contributed by atoms with Crippen molar-refractivity contribution >= 4 is 17.7 Å². The number of hydrogen-bond acceptors (Lipinski definition) is 4. The number of benzene rings is 1. The molecular weight excluding hydrogens is 402 g/mol. The summed E-state index contributed by atoms with van der Waals surface area (Å²) in [6, 6.07) is 9.39. The Morgan fingerprint density at radius 3 is 2.59 bits per heavy atom. The Morgan fingerprint density at radius 1 is 1.09 bits per heavy atom. The second kappa shape index (κ2) is 14.4. The van der Waals surface area contributed by atoms with E-state index in [1.165, 1.54) is 0 Å². The van der Waals surface area contributed by atoms with Crippen molar-refractivity contribution in [3.63, 3.8) is 0 Å². The largest absolute Gasteiger partial charge is 0.444 e. The quantitative estimate of drug-likeness (QED) is 0.259. The fourth-order valence-electron chi connectivity index (χ4n) is 3.89. The number of carbonyl (C=O) groups excluding carboxylic acids is 3. The monoisotopic (exact) mass is 439 g/mol. The molecule has 1 aliphatic heterocycles. The third-order valence-corrected chi connectivity index (χ3v) is 5.60. The van der Waals surface area contributed by atoms with Crippen LogP contribution < -0.4 is 0 Å².